The third-order valence-corrected chi connectivity index (χ3v) is 11.0. The van der Waals surface area contributed by atoms with Crippen LogP contribution in [0, 0.1) is 11.8 Å². The van der Waals surface area contributed by atoms with Crippen LogP contribution in [0.1, 0.15) is 194 Å². The van der Waals surface area contributed by atoms with Gasteiger partial charge in [0.05, 0.1) is 19.8 Å². The zero-order valence-electron chi connectivity index (χ0n) is 36.3. The first-order valence-electron chi connectivity index (χ1n) is 23.5. The van der Waals surface area contributed by atoms with Crippen molar-refractivity contribution in [3.8, 4) is 0 Å². The van der Waals surface area contributed by atoms with Crippen LogP contribution in [0.15, 0.2) is 48.6 Å². The monoisotopic (exact) mass is 771 g/mol. The highest BCUT2D eigenvalue weighted by molar-refractivity contribution is 5.82. The lowest BCUT2D eigenvalue weighted by atomic mass is 9.98. The molecule has 1 fully saturated rings. The maximum atomic E-state index is 12.7. The van der Waals surface area contributed by atoms with E-state index in [1.54, 1.807) is 0 Å². The lowest BCUT2D eigenvalue weighted by Crippen LogP contribution is -2.45. The van der Waals surface area contributed by atoms with Crippen LogP contribution in [0.4, 0.5) is 0 Å². The van der Waals surface area contributed by atoms with E-state index in [-0.39, 0.29) is 24.3 Å². The van der Waals surface area contributed by atoms with Gasteiger partial charge >= 0.3 is 0 Å². The van der Waals surface area contributed by atoms with Gasteiger partial charge in [-0.2, -0.15) is 0 Å². The van der Waals surface area contributed by atoms with Gasteiger partial charge in [0, 0.05) is 38.1 Å². The van der Waals surface area contributed by atoms with Gasteiger partial charge in [-0.05, 0) is 77.0 Å². The number of allylic oxidation sites excluding steroid dienone is 8. The average molecular weight is 771 g/mol. The molecule has 55 heavy (non-hydrogen) atoms. The molecule has 1 unspecified atom stereocenters. The molecule has 320 valence electrons. The molecule has 1 saturated heterocycles. The van der Waals surface area contributed by atoms with Gasteiger partial charge in [-0.3, -0.25) is 4.79 Å². The number of carbonyl (C=O) groups excluding carboxylic acids is 1. The molecule has 1 rings (SSSR count). The van der Waals surface area contributed by atoms with Crippen molar-refractivity contribution in [3.63, 3.8) is 0 Å². The number of hydrogen-bond donors (Lipinski definition) is 2. The van der Waals surface area contributed by atoms with E-state index in [0.29, 0.717) is 26.3 Å². The SMILES string of the molecule is CCCCC/C=C\C/C=C\CCCCCCCCCCOCC1CN(C(=O)[C@@H](N)CO)C[C@H]1COCCCCCCCCCC/C=C\C/C=C\CCCCC. The van der Waals surface area contributed by atoms with E-state index in [1.807, 2.05) is 4.90 Å². The minimum absolute atomic E-state index is 0.162. The zero-order valence-corrected chi connectivity index (χ0v) is 36.3. The number of unbranched alkanes of at least 4 members (excludes halogenated alkanes) is 22. The lowest BCUT2D eigenvalue weighted by Gasteiger charge is -2.19. The maximum absolute atomic E-state index is 12.7. The van der Waals surface area contributed by atoms with Gasteiger partial charge in [0.2, 0.25) is 5.91 Å². The first-order valence-corrected chi connectivity index (χ1v) is 23.5. The summed E-state index contributed by atoms with van der Waals surface area (Å²) in [5.74, 6) is 0.346. The molecular weight excluding hydrogens is 681 g/mol. The molecule has 1 amide bonds. The Bertz CT molecular complexity index is 883. The fourth-order valence-electron chi connectivity index (χ4n) is 7.37. The van der Waals surface area contributed by atoms with Crippen LogP contribution in [-0.4, -0.2) is 68.1 Å². The summed E-state index contributed by atoms with van der Waals surface area (Å²) in [4.78, 5) is 14.5. The summed E-state index contributed by atoms with van der Waals surface area (Å²) in [6.07, 6.45) is 54.2. The molecule has 0 aromatic rings. The lowest BCUT2D eigenvalue weighted by molar-refractivity contribution is -0.132. The predicted octanol–water partition coefficient (Wildman–Crippen LogP) is 12.6. The Labute approximate surface area is 341 Å². The Balaban J connectivity index is 2.07. The van der Waals surface area contributed by atoms with E-state index in [9.17, 15) is 9.90 Å². The highest BCUT2D eigenvalue weighted by atomic mass is 16.5. The summed E-state index contributed by atoms with van der Waals surface area (Å²) >= 11 is 0. The van der Waals surface area contributed by atoms with Crippen LogP contribution in [0.5, 0.6) is 0 Å². The van der Waals surface area contributed by atoms with Gasteiger partial charge in [0.15, 0.2) is 0 Å². The summed E-state index contributed by atoms with van der Waals surface area (Å²) in [5, 5.41) is 9.43. The van der Waals surface area contributed by atoms with E-state index >= 15 is 0 Å². The Kier molecular flexibility index (Phi) is 37.7. The molecule has 0 spiro atoms. The Morgan fingerprint density at radius 2 is 0.873 bits per heavy atom. The topological polar surface area (TPSA) is 85.0 Å². The van der Waals surface area contributed by atoms with Crippen molar-refractivity contribution >= 4 is 5.91 Å². The fraction of sp³-hybridized carbons (Fsp3) is 0.816. The summed E-state index contributed by atoms with van der Waals surface area (Å²) in [6.45, 7) is 8.34. The van der Waals surface area contributed by atoms with Crippen LogP contribution in [-0.2, 0) is 14.3 Å². The van der Waals surface area contributed by atoms with Gasteiger partial charge in [0.1, 0.15) is 6.04 Å². The number of likely N-dealkylation sites (tertiary alicyclic amines) is 1. The van der Waals surface area contributed by atoms with Crippen molar-refractivity contribution in [3.05, 3.63) is 48.6 Å². The van der Waals surface area contributed by atoms with Crippen LogP contribution < -0.4 is 5.73 Å². The van der Waals surface area contributed by atoms with Crippen LogP contribution in [0.25, 0.3) is 0 Å². The van der Waals surface area contributed by atoms with Crippen LogP contribution in [0.2, 0.25) is 0 Å². The molecule has 3 N–H and O–H groups in total. The molecule has 0 aromatic heterocycles. The second-order valence-corrected chi connectivity index (χ2v) is 16.3. The molecule has 0 saturated carbocycles. The standard InChI is InChI=1S/C49H90N2O4/c1-3-5-7-9-11-13-15-17-19-21-23-25-27-29-31-33-35-37-39-54-44-46-41-51(49(53)48(50)43-52)42-47(46)45-55-40-38-36-34-32-30-28-26-24-22-20-18-16-14-12-10-8-6-4-2/h11-14,17-20,46-48,52H,3-10,15-16,21-45,50H2,1-2H3/b13-11-,14-12-,19-17-,20-18-/t46-,47?,48-/m0/s1. The molecule has 3 atom stereocenters. The van der Waals surface area contributed by atoms with Crippen LogP contribution >= 0.6 is 0 Å². The zero-order chi connectivity index (χ0) is 39.7. The van der Waals surface area contributed by atoms with Crippen molar-refractivity contribution < 1.29 is 19.4 Å². The summed E-state index contributed by atoms with van der Waals surface area (Å²) in [7, 11) is 0. The third-order valence-electron chi connectivity index (χ3n) is 11.0. The van der Waals surface area contributed by atoms with Crippen molar-refractivity contribution in [1.82, 2.24) is 4.90 Å². The van der Waals surface area contributed by atoms with Crippen molar-refractivity contribution in [2.75, 3.05) is 46.1 Å². The van der Waals surface area contributed by atoms with Gasteiger partial charge in [-0.15, -0.1) is 0 Å². The predicted molar refractivity (Wildman–Crippen MR) is 237 cm³/mol. The Hall–Kier alpha value is -1.73. The second-order valence-electron chi connectivity index (χ2n) is 16.3. The van der Waals surface area contributed by atoms with Gasteiger partial charge in [-0.1, -0.05) is 165 Å². The van der Waals surface area contributed by atoms with E-state index < -0.39 is 6.04 Å². The molecular formula is C49H90N2O4. The van der Waals surface area contributed by atoms with Crippen molar-refractivity contribution in [2.24, 2.45) is 17.6 Å². The molecule has 6 heteroatoms. The molecule has 6 nitrogen and oxygen atoms in total. The minimum Gasteiger partial charge on any atom is -0.394 e. The summed E-state index contributed by atoms with van der Waals surface area (Å²) in [5.41, 5.74) is 5.88. The van der Waals surface area contributed by atoms with Gasteiger partial charge in [-0.25, -0.2) is 0 Å². The first kappa shape index (κ1) is 51.3. The van der Waals surface area contributed by atoms with Crippen molar-refractivity contribution in [1.29, 1.82) is 0 Å². The fourth-order valence-corrected chi connectivity index (χ4v) is 7.37. The van der Waals surface area contributed by atoms with Crippen LogP contribution in [0.3, 0.4) is 0 Å². The number of rotatable bonds is 40. The molecule has 0 aromatic carbocycles. The highest BCUT2D eigenvalue weighted by Crippen LogP contribution is 2.25. The highest BCUT2D eigenvalue weighted by Gasteiger charge is 2.36. The normalized spacial score (nSPS) is 17.0. The Morgan fingerprint density at radius 3 is 1.22 bits per heavy atom. The number of carbonyl (C=O) groups is 1. The van der Waals surface area contributed by atoms with Gasteiger partial charge < -0.3 is 25.2 Å². The van der Waals surface area contributed by atoms with E-state index in [0.717, 1.165) is 38.9 Å². The number of amides is 1. The number of nitrogens with two attached hydrogens (primary N) is 1. The molecule has 1 aliphatic rings. The largest absolute Gasteiger partial charge is 0.394 e. The number of nitrogens with zero attached hydrogens (tertiary/aromatic N) is 1. The average Bonchev–Trinajstić information content (AvgIpc) is 3.61. The summed E-state index contributed by atoms with van der Waals surface area (Å²) in [6, 6.07) is -0.843. The molecule has 0 aliphatic carbocycles. The number of hydrogen-bond acceptors (Lipinski definition) is 5. The molecule has 1 heterocycles. The minimum atomic E-state index is -0.843. The third kappa shape index (κ3) is 32.0. The molecule has 1 aliphatic heterocycles. The first-order chi connectivity index (χ1) is 27.1. The number of aliphatic hydroxyl groups is 1. The van der Waals surface area contributed by atoms with Gasteiger partial charge in [0.25, 0.3) is 0 Å². The molecule has 0 bridgehead atoms. The Morgan fingerprint density at radius 1 is 0.545 bits per heavy atom. The summed E-state index contributed by atoms with van der Waals surface area (Å²) < 4.78 is 12.3. The van der Waals surface area contributed by atoms with Crippen molar-refractivity contribution in [2.45, 2.75) is 200 Å². The van der Waals surface area contributed by atoms with E-state index in [4.69, 9.17) is 15.2 Å². The smallest absolute Gasteiger partial charge is 0.241 e. The van der Waals surface area contributed by atoms with E-state index in [2.05, 4.69) is 62.5 Å². The van der Waals surface area contributed by atoms with E-state index in [1.165, 1.54) is 154 Å². The number of ether oxygens (including phenoxy) is 2. The second kappa shape index (κ2) is 40.5. The number of aliphatic hydroxyl groups excluding tert-OH is 1. The molecule has 0 radical (unpaired) electrons. The maximum Gasteiger partial charge on any atom is 0.241 e. The quantitative estimate of drug-likeness (QED) is 0.0479.